The van der Waals surface area contributed by atoms with Crippen LogP contribution in [0.15, 0.2) is 9.98 Å². The molecule has 2 aromatic rings. The SMILES string of the molecule is CC(C)(C)OC(=O)Cn1nnc(-c2ncc(Br)s2)n1. The average Bonchev–Trinajstić information content (AvgIpc) is 2.83. The van der Waals surface area contributed by atoms with E-state index in [0.717, 1.165) is 3.79 Å². The number of hydrogen-bond donors (Lipinski definition) is 0. The van der Waals surface area contributed by atoms with E-state index < -0.39 is 11.6 Å². The zero-order valence-corrected chi connectivity index (χ0v) is 13.0. The molecule has 0 atom stereocenters. The lowest BCUT2D eigenvalue weighted by Gasteiger charge is -2.18. The molecule has 0 aliphatic heterocycles. The summed E-state index contributed by atoms with van der Waals surface area (Å²) in [5, 5.41) is 12.4. The molecule has 19 heavy (non-hydrogen) atoms. The summed E-state index contributed by atoms with van der Waals surface area (Å²) in [6.45, 7) is 5.34. The molecule has 2 rings (SSSR count). The van der Waals surface area contributed by atoms with Gasteiger partial charge in [0.2, 0.25) is 5.82 Å². The molecule has 0 aromatic carbocycles. The van der Waals surface area contributed by atoms with Gasteiger partial charge in [0.1, 0.15) is 5.60 Å². The fourth-order valence-electron chi connectivity index (χ4n) is 1.24. The summed E-state index contributed by atoms with van der Waals surface area (Å²) < 4.78 is 6.05. The molecule has 2 heterocycles. The second kappa shape index (κ2) is 5.33. The third-order valence-corrected chi connectivity index (χ3v) is 3.28. The maximum Gasteiger partial charge on any atom is 0.330 e. The molecule has 0 unspecified atom stereocenters. The van der Waals surface area contributed by atoms with Crippen molar-refractivity contribution >= 4 is 33.2 Å². The fraction of sp³-hybridized carbons (Fsp3) is 0.500. The Hall–Kier alpha value is -1.35. The first-order valence-electron chi connectivity index (χ1n) is 5.45. The Morgan fingerprint density at radius 2 is 2.26 bits per heavy atom. The zero-order valence-electron chi connectivity index (χ0n) is 10.6. The summed E-state index contributed by atoms with van der Waals surface area (Å²) in [6.07, 6.45) is 1.66. The largest absolute Gasteiger partial charge is 0.459 e. The molecule has 0 spiro atoms. The minimum atomic E-state index is -0.527. The van der Waals surface area contributed by atoms with Gasteiger partial charge in [-0.05, 0) is 41.9 Å². The lowest BCUT2D eigenvalue weighted by molar-refractivity contribution is -0.156. The molecule has 0 amide bonds. The van der Waals surface area contributed by atoms with E-state index >= 15 is 0 Å². The average molecular weight is 346 g/mol. The van der Waals surface area contributed by atoms with Crippen molar-refractivity contribution in [2.75, 3.05) is 0 Å². The van der Waals surface area contributed by atoms with Gasteiger partial charge in [0, 0.05) is 0 Å². The number of esters is 1. The van der Waals surface area contributed by atoms with Crippen LogP contribution in [0.1, 0.15) is 20.8 Å². The van der Waals surface area contributed by atoms with Crippen molar-refractivity contribution in [2.24, 2.45) is 0 Å². The number of hydrogen-bond acceptors (Lipinski definition) is 7. The Kier molecular flexibility index (Phi) is 3.95. The molecular formula is C10H12BrN5O2S. The van der Waals surface area contributed by atoms with Gasteiger partial charge in [0.25, 0.3) is 0 Å². The van der Waals surface area contributed by atoms with Crippen molar-refractivity contribution in [3.8, 4) is 10.8 Å². The van der Waals surface area contributed by atoms with Gasteiger partial charge in [0.05, 0.1) is 9.98 Å². The Bertz CT molecular complexity index is 589. The number of ether oxygens (including phenoxy) is 1. The van der Waals surface area contributed by atoms with Gasteiger partial charge in [-0.15, -0.1) is 21.5 Å². The topological polar surface area (TPSA) is 82.8 Å². The molecule has 9 heteroatoms. The predicted molar refractivity (Wildman–Crippen MR) is 72.5 cm³/mol. The number of rotatable bonds is 3. The molecule has 2 aromatic heterocycles. The maximum absolute atomic E-state index is 11.6. The maximum atomic E-state index is 11.6. The van der Waals surface area contributed by atoms with Gasteiger partial charge >= 0.3 is 5.97 Å². The van der Waals surface area contributed by atoms with Crippen LogP contribution in [0.4, 0.5) is 0 Å². The summed E-state index contributed by atoms with van der Waals surface area (Å²) in [7, 11) is 0. The second-order valence-electron chi connectivity index (χ2n) is 4.70. The van der Waals surface area contributed by atoms with Crippen LogP contribution in [0, 0.1) is 0 Å². The molecule has 0 saturated heterocycles. The number of thiazole rings is 1. The van der Waals surface area contributed by atoms with Crippen LogP contribution in [0.25, 0.3) is 10.8 Å². The highest BCUT2D eigenvalue weighted by atomic mass is 79.9. The van der Waals surface area contributed by atoms with Crippen molar-refractivity contribution in [3.63, 3.8) is 0 Å². The Labute approximate surface area is 122 Å². The number of aromatic nitrogens is 5. The lowest BCUT2D eigenvalue weighted by atomic mass is 10.2. The van der Waals surface area contributed by atoms with E-state index in [4.69, 9.17) is 4.74 Å². The molecule has 0 fully saturated rings. The summed E-state index contributed by atoms with van der Waals surface area (Å²) in [4.78, 5) is 16.9. The third-order valence-electron chi connectivity index (χ3n) is 1.81. The van der Waals surface area contributed by atoms with Gasteiger partial charge in [-0.2, -0.15) is 4.80 Å². The molecule has 0 saturated carbocycles. The van der Waals surface area contributed by atoms with E-state index in [1.807, 2.05) is 0 Å². The molecule has 0 radical (unpaired) electrons. The van der Waals surface area contributed by atoms with Crippen LogP contribution in [0.3, 0.4) is 0 Å². The molecule has 7 nitrogen and oxygen atoms in total. The van der Waals surface area contributed by atoms with Crippen molar-refractivity contribution < 1.29 is 9.53 Å². The summed E-state index contributed by atoms with van der Waals surface area (Å²) >= 11 is 4.70. The summed E-state index contributed by atoms with van der Waals surface area (Å²) in [5.41, 5.74) is -0.527. The summed E-state index contributed by atoms with van der Waals surface area (Å²) in [5.74, 6) is -0.0176. The predicted octanol–water partition coefficient (Wildman–Crippen LogP) is 1.90. The highest BCUT2D eigenvalue weighted by Gasteiger charge is 2.18. The van der Waals surface area contributed by atoms with Gasteiger partial charge in [-0.1, -0.05) is 0 Å². The number of carbonyl (C=O) groups excluding carboxylic acids is 1. The highest BCUT2D eigenvalue weighted by molar-refractivity contribution is 9.11. The van der Waals surface area contributed by atoms with Gasteiger partial charge in [0.15, 0.2) is 11.6 Å². The number of carbonyl (C=O) groups is 1. The zero-order chi connectivity index (χ0) is 14.0. The smallest absolute Gasteiger partial charge is 0.330 e. The van der Waals surface area contributed by atoms with Crippen molar-refractivity contribution in [2.45, 2.75) is 32.9 Å². The first kappa shape index (κ1) is 14.1. The Morgan fingerprint density at radius 3 is 2.84 bits per heavy atom. The van der Waals surface area contributed by atoms with Crippen LogP contribution in [0.5, 0.6) is 0 Å². The Morgan fingerprint density at radius 1 is 1.53 bits per heavy atom. The number of tetrazole rings is 1. The van der Waals surface area contributed by atoms with E-state index in [1.54, 1.807) is 27.0 Å². The molecule has 0 N–H and O–H groups in total. The van der Waals surface area contributed by atoms with E-state index in [0.29, 0.717) is 10.8 Å². The quantitative estimate of drug-likeness (QED) is 0.790. The number of halogens is 1. The van der Waals surface area contributed by atoms with E-state index in [9.17, 15) is 4.79 Å². The molecular weight excluding hydrogens is 334 g/mol. The first-order chi connectivity index (χ1) is 8.83. The van der Waals surface area contributed by atoms with Crippen LogP contribution < -0.4 is 0 Å². The third kappa shape index (κ3) is 4.06. The normalized spacial score (nSPS) is 11.6. The first-order valence-corrected chi connectivity index (χ1v) is 7.06. The molecule has 0 aliphatic carbocycles. The van der Waals surface area contributed by atoms with Crippen molar-refractivity contribution in [1.29, 1.82) is 0 Å². The fourth-order valence-corrected chi connectivity index (χ4v) is 2.37. The van der Waals surface area contributed by atoms with Gasteiger partial charge in [-0.25, -0.2) is 9.78 Å². The van der Waals surface area contributed by atoms with Crippen LogP contribution in [-0.4, -0.2) is 36.8 Å². The molecule has 0 aliphatic rings. The molecule has 0 bridgehead atoms. The van der Waals surface area contributed by atoms with Crippen LogP contribution >= 0.6 is 27.3 Å². The molecule has 102 valence electrons. The van der Waals surface area contributed by atoms with Crippen LogP contribution in [0.2, 0.25) is 0 Å². The van der Waals surface area contributed by atoms with Crippen molar-refractivity contribution in [3.05, 3.63) is 9.98 Å². The minimum absolute atomic E-state index is 0.0726. The lowest BCUT2D eigenvalue weighted by Crippen LogP contribution is -2.27. The van der Waals surface area contributed by atoms with Crippen LogP contribution in [-0.2, 0) is 16.1 Å². The minimum Gasteiger partial charge on any atom is -0.459 e. The monoisotopic (exact) mass is 345 g/mol. The highest BCUT2D eigenvalue weighted by Crippen LogP contribution is 2.25. The second-order valence-corrected chi connectivity index (χ2v) is 7.11. The Balaban J connectivity index is 2.04. The standard InChI is InChI=1S/C10H12BrN5O2S/c1-10(2,3)18-7(17)5-16-14-8(13-15-16)9-12-4-6(11)19-9/h4H,5H2,1-3H3. The summed E-state index contributed by atoms with van der Waals surface area (Å²) in [6, 6.07) is 0. The number of nitrogens with zero attached hydrogens (tertiary/aromatic N) is 5. The van der Waals surface area contributed by atoms with E-state index in [1.165, 1.54) is 16.1 Å². The van der Waals surface area contributed by atoms with Gasteiger partial charge in [-0.3, -0.25) is 0 Å². The van der Waals surface area contributed by atoms with Gasteiger partial charge < -0.3 is 4.74 Å². The van der Waals surface area contributed by atoms with Crippen molar-refractivity contribution in [1.82, 2.24) is 25.2 Å². The van der Waals surface area contributed by atoms with E-state index in [-0.39, 0.29) is 6.54 Å². The van der Waals surface area contributed by atoms with E-state index in [2.05, 4.69) is 36.3 Å².